The summed E-state index contributed by atoms with van der Waals surface area (Å²) >= 11 is 2.70. The first-order chi connectivity index (χ1) is 11.5. The lowest BCUT2D eigenvalue weighted by Crippen LogP contribution is -2.13. The third kappa shape index (κ3) is 20.2. The molecule has 0 aliphatic rings. The molecule has 0 unspecified atom stereocenters. The van der Waals surface area contributed by atoms with Crippen molar-refractivity contribution in [3.8, 4) is 0 Å². The van der Waals surface area contributed by atoms with Crippen LogP contribution >= 0.6 is 21.8 Å². The zero-order valence-electron chi connectivity index (χ0n) is 16.1. The molecule has 24 heavy (non-hydrogen) atoms. The van der Waals surface area contributed by atoms with Crippen LogP contribution in [0, 0.1) is 0 Å². The van der Waals surface area contributed by atoms with Gasteiger partial charge < -0.3 is 4.74 Å². The number of hydrogen-bond acceptors (Lipinski definition) is 2. The van der Waals surface area contributed by atoms with Crippen LogP contribution in [-0.4, -0.2) is 18.1 Å². The second kappa shape index (κ2) is 16.6. The highest BCUT2D eigenvalue weighted by Gasteiger charge is 2.14. The number of rotatable bonds is 17. The standard InChI is InChI=1S/C20H39IO2Si/c1-4-20(22)23-18-16-14-12-10-8-6-5-7-9-11-13-15-17-19-24(2,3)21/h4H,1,5-19H2,2-3H3. The summed E-state index contributed by atoms with van der Waals surface area (Å²) < 4.78 is 4.96. The van der Waals surface area contributed by atoms with Crippen LogP contribution in [0.3, 0.4) is 0 Å². The van der Waals surface area contributed by atoms with E-state index in [1.807, 2.05) is 0 Å². The molecule has 142 valence electrons. The van der Waals surface area contributed by atoms with Gasteiger partial charge in [0.05, 0.1) is 6.61 Å². The number of carbonyl (C=O) groups is 1. The van der Waals surface area contributed by atoms with Gasteiger partial charge in [-0.3, -0.25) is 0 Å². The molecular weight excluding hydrogens is 427 g/mol. The van der Waals surface area contributed by atoms with Gasteiger partial charge in [-0.25, -0.2) is 4.79 Å². The van der Waals surface area contributed by atoms with Crippen LogP contribution < -0.4 is 0 Å². The SMILES string of the molecule is C=CC(=O)OCCCCCCCCCCCCCCC[Si](C)(C)I. The first-order valence-electron chi connectivity index (χ1n) is 9.94. The van der Waals surface area contributed by atoms with Crippen molar-refractivity contribution in [1.29, 1.82) is 0 Å². The number of ether oxygens (including phenoxy) is 1. The maximum atomic E-state index is 10.8. The Labute approximate surface area is 164 Å². The smallest absolute Gasteiger partial charge is 0.330 e. The molecule has 0 aliphatic heterocycles. The van der Waals surface area contributed by atoms with E-state index in [1.54, 1.807) is 0 Å². The summed E-state index contributed by atoms with van der Waals surface area (Å²) in [5.41, 5.74) is -0.825. The molecule has 0 N–H and O–H groups in total. The predicted molar refractivity (Wildman–Crippen MR) is 117 cm³/mol. The highest BCUT2D eigenvalue weighted by atomic mass is 127. The van der Waals surface area contributed by atoms with E-state index in [9.17, 15) is 4.79 Å². The largest absolute Gasteiger partial charge is 0.463 e. The Hall–Kier alpha value is 0.157. The Morgan fingerprint density at radius 3 is 1.58 bits per heavy atom. The molecule has 0 amide bonds. The van der Waals surface area contributed by atoms with Crippen LogP contribution in [0.1, 0.15) is 83.5 Å². The number of esters is 1. The number of carbonyl (C=O) groups excluding carboxylic acids is 1. The van der Waals surface area contributed by atoms with E-state index in [-0.39, 0.29) is 5.97 Å². The van der Waals surface area contributed by atoms with Gasteiger partial charge in [0, 0.05) is 6.08 Å². The van der Waals surface area contributed by atoms with Crippen molar-refractivity contribution < 1.29 is 9.53 Å². The van der Waals surface area contributed by atoms with Gasteiger partial charge >= 0.3 is 5.97 Å². The van der Waals surface area contributed by atoms with Gasteiger partial charge in [-0.1, -0.05) is 96.7 Å². The summed E-state index contributed by atoms with van der Waals surface area (Å²) in [5.74, 6) is -0.300. The second-order valence-corrected chi connectivity index (χ2v) is 20.1. The van der Waals surface area contributed by atoms with Crippen molar-refractivity contribution in [2.45, 2.75) is 103 Å². The van der Waals surface area contributed by atoms with Crippen LogP contribution in [0.25, 0.3) is 0 Å². The van der Waals surface area contributed by atoms with E-state index >= 15 is 0 Å². The summed E-state index contributed by atoms with van der Waals surface area (Å²) in [6, 6.07) is 1.49. The molecule has 0 bridgehead atoms. The first-order valence-corrected chi connectivity index (χ1v) is 16.3. The lowest BCUT2D eigenvalue weighted by atomic mass is 10.0. The van der Waals surface area contributed by atoms with Crippen LogP contribution in [0.5, 0.6) is 0 Å². The quantitative estimate of drug-likeness (QED) is 0.0557. The molecule has 0 aliphatic carbocycles. The number of unbranched alkanes of at least 4 members (excludes halogenated alkanes) is 12. The van der Waals surface area contributed by atoms with Crippen molar-refractivity contribution in [3.63, 3.8) is 0 Å². The highest BCUT2D eigenvalue weighted by Crippen LogP contribution is 2.21. The van der Waals surface area contributed by atoms with Gasteiger partial charge in [-0.2, -0.15) is 0 Å². The minimum Gasteiger partial charge on any atom is -0.463 e. The normalized spacial score (nSPS) is 11.5. The van der Waals surface area contributed by atoms with Gasteiger partial charge in [0.1, 0.15) is 5.57 Å². The first kappa shape index (κ1) is 24.2. The van der Waals surface area contributed by atoms with Crippen LogP contribution in [0.4, 0.5) is 0 Å². The number of halogens is 1. The predicted octanol–water partition coefficient (Wildman–Crippen LogP) is 7.43. The summed E-state index contributed by atoms with van der Waals surface area (Å²) in [5, 5.41) is 0. The lowest BCUT2D eigenvalue weighted by molar-refractivity contribution is -0.137. The third-order valence-corrected chi connectivity index (χ3v) is 7.49. The average molecular weight is 467 g/mol. The molecule has 0 aromatic carbocycles. The Morgan fingerprint density at radius 1 is 0.833 bits per heavy atom. The van der Waals surface area contributed by atoms with Crippen LogP contribution in [0.2, 0.25) is 19.1 Å². The molecule has 0 rings (SSSR count). The van der Waals surface area contributed by atoms with E-state index in [2.05, 4.69) is 41.5 Å². The van der Waals surface area contributed by atoms with E-state index < -0.39 is 5.57 Å². The topological polar surface area (TPSA) is 26.3 Å². The zero-order valence-corrected chi connectivity index (χ0v) is 19.2. The summed E-state index contributed by atoms with van der Waals surface area (Å²) in [7, 11) is 0. The average Bonchev–Trinajstić information content (AvgIpc) is 2.53. The summed E-state index contributed by atoms with van der Waals surface area (Å²) in [6.45, 7) is 8.86. The molecule has 0 aromatic rings. The molecular formula is C20H39IO2Si. The molecule has 0 saturated carbocycles. The molecule has 0 spiro atoms. The van der Waals surface area contributed by atoms with Gasteiger partial charge in [-0.15, -0.1) is 21.8 Å². The second-order valence-electron chi connectivity index (χ2n) is 7.44. The van der Waals surface area contributed by atoms with Gasteiger partial charge in [0.2, 0.25) is 0 Å². The molecule has 0 fully saturated rings. The Bertz CT molecular complexity index is 313. The van der Waals surface area contributed by atoms with Crippen molar-refractivity contribution >= 4 is 33.3 Å². The monoisotopic (exact) mass is 466 g/mol. The van der Waals surface area contributed by atoms with Crippen molar-refractivity contribution in [3.05, 3.63) is 12.7 Å². The molecule has 2 nitrogen and oxygen atoms in total. The lowest BCUT2D eigenvalue weighted by Gasteiger charge is -2.12. The van der Waals surface area contributed by atoms with Gasteiger partial charge in [0.25, 0.3) is 0 Å². The Balaban J connectivity index is 3.08. The molecule has 4 heteroatoms. The number of hydrogen-bond donors (Lipinski definition) is 0. The van der Waals surface area contributed by atoms with E-state index in [0.29, 0.717) is 6.61 Å². The van der Waals surface area contributed by atoms with Gasteiger partial charge in [0.15, 0.2) is 0 Å². The molecule has 0 heterocycles. The fraction of sp³-hybridized carbons (Fsp3) is 0.850. The zero-order chi connectivity index (χ0) is 18.1. The Morgan fingerprint density at radius 2 is 1.21 bits per heavy atom. The highest BCUT2D eigenvalue weighted by molar-refractivity contribution is 14.1. The van der Waals surface area contributed by atoms with E-state index in [4.69, 9.17) is 4.74 Å². The molecule has 0 radical (unpaired) electrons. The maximum absolute atomic E-state index is 10.8. The third-order valence-electron chi connectivity index (χ3n) is 4.33. The minimum absolute atomic E-state index is 0.300. The molecule has 0 saturated heterocycles. The van der Waals surface area contributed by atoms with E-state index in [1.165, 1.54) is 89.2 Å². The van der Waals surface area contributed by atoms with Crippen molar-refractivity contribution in [2.24, 2.45) is 0 Å². The fourth-order valence-electron chi connectivity index (χ4n) is 2.82. The van der Waals surface area contributed by atoms with Crippen molar-refractivity contribution in [1.82, 2.24) is 0 Å². The summed E-state index contributed by atoms with van der Waals surface area (Å²) in [6.07, 6.45) is 18.8. The van der Waals surface area contributed by atoms with E-state index in [0.717, 1.165) is 6.42 Å². The van der Waals surface area contributed by atoms with Crippen LogP contribution in [0.15, 0.2) is 12.7 Å². The summed E-state index contributed by atoms with van der Waals surface area (Å²) in [4.78, 5) is 10.8. The van der Waals surface area contributed by atoms with Crippen molar-refractivity contribution in [2.75, 3.05) is 6.61 Å². The maximum Gasteiger partial charge on any atom is 0.330 e. The molecule has 0 aromatic heterocycles. The molecule has 0 atom stereocenters. The fourth-order valence-corrected chi connectivity index (χ4v) is 5.06. The van der Waals surface area contributed by atoms with Gasteiger partial charge in [-0.05, 0) is 12.5 Å². The minimum atomic E-state index is -0.825. The van der Waals surface area contributed by atoms with Crippen LogP contribution in [-0.2, 0) is 9.53 Å². The Kier molecular flexibility index (Phi) is 16.7.